The minimum absolute atomic E-state index is 0.116. The molecule has 0 aliphatic heterocycles. The summed E-state index contributed by atoms with van der Waals surface area (Å²) in [5.41, 5.74) is 1.98. The van der Waals surface area contributed by atoms with E-state index in [1.54, 1.807) is 17.8 Å². The van der Waals surface area contributed by atoms with Crippen molar-refractivity contribution >= 4 is 34.3 Å². The molecule has 0 saturated heterocycles. The van der Waals surface area contributed by atoms with Crippen molar-refractivity contribution in [3.05, 3.63) is 18.0 Å². The van der Waals surface area contributed by atoms with Crippen molar-refractivity contribution in [3.8, 4) is 0 Å². The van der Waals surface area contributed by atoms with E-state index in [1.165, 1.54) is 14.2 Å². The third-order valence-electron chi connectivity index (χ3n) is 3.97. The molecular formula is C17H24N4O4. The van der Waals surface area contributed by atoms with E-state index in [9.17, 15) is 9.59 Å². The van der Waals surface area contributed by atoms with Crippen LogP contribution in [0.1, 0.15) is 30.8 Å². The number of fused-ring (bicyclic) bond motifs is 1. The van der Waals surface area contributed by atoms with Gasteiger partial charge in [0.05, 0.1) is 24.7 Å². The number of amides is 1. The Morgan fingerprint density at radius 3 is 2.68 bits per heavy atom. The molecule has 1 atom stereocenters. The van der Waals surface area contributed by atoms with Crippen LogP contribution in [-0.4, -0.2) is 48.3 Å². The van der Waals surface area contributed by atoms with Crippen LogP contribution in [0.5, 0.6) is 0 Å². The minimum Gasteiger partial charge on any atom is -0.464 e. The molecule has 0 fully saturated rings. The first-order valence-electron chi connectivity index (χ1n) is 8.04. The molecule has 0 aliphatic carbocycles. The van der Waals surface area contributed by atoms with Crippen LogP contribution in [0.2, 0.25) is 0 Å². The first kappa shape index (κ1) is 18.7. The Morgan fingerprint density at radius 1 is 1.36 bits per heavy atom. The highest BCUT2D eigenvalue weighted by Crippen LogP contribution is 2.31. The number of carbonyl (C=O) groups excluding carboxylic acids is 2. The van der Waals surface area contributed by atoms with E-state index in [0.29, 0.717) is 16.7 Å². The molecular weight excluding hydrogens is 324 g/mol. The lowest BCUT2D eigenvalue weighted by Gasteiger charge is -2.12. The van der Waals surface area contributed by atoms with Crippen molar-refractivity contribution in [2.45, 2.75) is 26.3 Å². The smallest absolute Gasteiger partial charge is 0.356 e. The number of carbonyl (C=O) groups is 2. The summed E-state index contributed by atoms with van der Waals surface area (Å²) in [4.78, 5) is 28.6. The summed E-state index contributed by atoms with van der Waals surface area (Å²) in [6.45, 7) is 4.03. The highest BCUT2D eigenvalue weighted by atomic mass is 16.5. The Bertz CT molecular complexity index is 785. The Hall–Kier alpha value is -2.61. The standard InChI is InChI=1S/C17H24N4O4/c1-6-10(2)19-11-7-12-14(20-13(22)9-24-4)15(17(23)25-5)21(3)16(12)18-8-11/h7-8,10,19H,6,9H2,1-5H3,(H,20,22). The number of anilines is 2. The Labute approximate surface area is 146 Å². The molecule has 25 heavy (non-hydrogen) atoms. The summed E-state index contributed by atoms with van der Waals surface area (Å²) in [5.74, 6) is -0.912. The van der Waals surface area contributed by atoms with E-state index >= 15 is 0 Å². The van der Waals surface area contributed by atoms with E-state index in [-0.39, 0.29) is 24.2 Å². The lowest BCUT2D eigenvalue weighted by atomic mass is 10.2. The van der Waals surface area contributed by atoms with Gasteiger partial charge in [-0.25, -0.2) is 9.78 Å². The second-order valence-corrected chi connectivity index (χ2v) is 5.80. The quantitative estimate of drug-likeness (QED) is 0.745. The topological polar surface area (TPSA) is 94.5 Å². The SMILES string of the molecule is CCC(C)Nc1cnc2c(c1)c(NC(=O)COC)c(C(=O)OC)n2C. The van der Waals surface area contributed by atoms with Crippen LogP contribution in [0.25, 0.3) is 11.0 Å². The molecule has 0 bridgehead atoms. The van der Waals surface area contributed by atoms with E-state index in [2.05, 4.69) is 29.5 Å². The lowest BCUT2D eigenvalue weighted by Crippen LogP contribution is -2.19. The van der Waals surface area contributed by atoms with Gasteiger partial charge in [0, 0.05) is 25.6 Å². The van der Waals surface area contributed by atoms with Crippen molar-refractivity contribution in [1.29, 1.82) is 0 Å². The number of esters is 1. The van der Waals surface area contributed by atoms with E-state index in [1.807, 2.05) is 6.07 Å². The normalized spacial score (nSPS) is 12.0. The summed E-state index contributed by atoms with van der Waals surface area (Å²) in [7, 11) is 4.43. The first-order valence-corrected chi connectivity index (χ1v) is 8.04. The van der Waals surface area contributed by atoms with Gasteiger partial charge in [-0.1, -0.05) is 6.92 Å². The maximum Gasteiger partial charge on any atom is 0.356 e. The fraction of sp³-hybridized carbons (Fsp3) is 0.471. The number of nitrogens with zero attached hydrogens (tertiary/aromatic N) is 2. The van der Waals surface area contributed by atoms with Gasteiger partial charge in [-0.2, -0.15) is 0 Å². The van der Waals surface area contributed by atoms with Gasteiger partial charge in [-0.15, -0.1) is 0 Å². The summed E-state index contributed by atoms with van der Waals surface area (Å²) in [5, 5.41) is 6.72. The first-order chi connectivity index (χ1) is 11.9. The fourth-order valence-electron chi connectivity index (χ4n) is 2.54. The average molecular weight is 348 g/mol. The van der Waals surface area contributed by atoms with Crippen LogP contribution < -0.4 is 10.6 Å². The molecule has 0 radical (unpaired) electrons. The molecule has 136 valence electrons. The second-order valence-electron chi connectivity index (χ2n) is 5.80. The van der Waals surface area contributed by atoms with Crippen molar-refractivity contribution < 1.29 is 19.1 Å². The van der Waals surface area contributed by atoms with Gasteiger partial charge >= 0.3 is 5.97 Å². The summed E-state index contributed by atoms with van der Waals surface area (Å²) >= 11 is 0. The fourth-order valence-corrected chi connectivity index (χ4v) is 2.54. The van der Waals surface area contributed by atoms with Gasteiger partial charge in [0.1, 0.15) is 12.3 Å². The van der Waals surface area contributed by atoms with Crippen LogP contribution in [0.15, 0.2) is 12.3 Å². The highest BCUT2D eigenvalue weighted by molar-refractivity contribution is 6.11. The number of aryl methyl sites for hydroxylation is 1. The predicted octanol–water partition coefficient (Wildman–Crippen LogP) is 2.16. The maximum atomic E-state index is 12.2. The number of aromatic nitrogens is 2. The summed E-state index contributed by atoms with van der Waals surface area (Å²) in [6, 6.07) is 2.14. The van der Waals surface area contributed by atoms with Crippen molar-refractivity contribution in [2.24, 2.45) is 7.05 Å². The van der Waals surface area contributed by atoms with Gasteiger partial charge < -0.3 is 24.7 Å². The number of pyridine rings is 1. The van der Waals surface area contributed by atoms with Crippen LogP contribution >= 0.6 is 0 Å². The van der Waals surface area contributed by atoms with E-state index in [4.69, 9.17) is 9.47 Å². The number of methoxy groups -OCH3 is 2. The minimum atomic E-state index is -0.551. The molecule has 0 aromatic carbocycles. The zero-order chi connectivity index (χ0) is 18.6. The van der Waals surface area contributed by atoms with Gasteiger partial charge in [-0.3, -0.25) is 4.79 Å². The summed E-state index contributed by atoms with van der Waals surface area (Å²) in [6.07, 6.45) is 2.66. The molecule has 0 aliphatic rings. The molecule has 2 heterocycles. The number of nitrogens with one attached hydrogen (secondary N) is 2. The molecule has 2 aromatic rings. The van der Waals surface area contributed by atoms with E-state index in [0.717, 1.165) is 12.1 Å². The lowest BCUT2D eigenvalue weighted by molar-refractivity contribution is -0.119. The molecule has 1 unspecified atom stereocenters. The largest absolute Gasteiger partial charge is 0.464 e. The second kappa shape index (κ2) is 7.98. The van der Waals surface area contributed by atoms with Gasteiger partial charge in [0.2, 0.25) is 5.91 Å². The Morgan fingerprint density at radius 2 is 2.08 bits per heavy atom. The average Bonchev–Trinajstić information content (AvgIpc) is 2.86. The van der Waals surface area contributed by atoms with Crippen LogP contribution in [0, 0.1) is 0 Å². The zero-order valence-electron chi connectivity index (χ0n) is 15.2. The monoisotopic (exact) mass is 348 g/mol. The highest BCUT2D eigenvalue weighted by Gasteiger charge is 2.24. The number of ether oxygens (including phenoxy) is 2. The van der Waals surface area contributed by atoms with Gasteiger partial charge in [0.15, 0.2) is 5.69 Å². The number of hydrogen-bond acceptors (Lipinski definition) is 6. The molecule has 2 rings (SSSR count). The Kier molecular flexibility index (Phi) is 5.97. The number of rotatable bonds is 7. The molecule has 1 amide bonds. The maximum absolute atomic E-state index is 12.2. The molecule has 2 aromatic heterocycles. The third-order valence-corrected chi connectivity index (χ3v) is 3.97. The van der Waals surface area contributed by atoms with Crippen molar-refractivity contribution in [3.63, 3.8) is 0 Å². The Balaban J connectivity index is 2.58. The van der Waals surface area contributed by atoms with E-state index < -0.39 is 5.97 Å². The number of hydrogen-bond donors (Lipinski definition) is 2. The van der Waals surface area contributed by atoms with Crippen LogP contribution in [0.4, 0.5) is 11.4 Å². The molecule has 8 nitrogen and oxygen atoms in total. The zero-order valence-corrected chi connectivity index (χ0v) is 15.2. The molecule has 8 heteroatoms. The van der Waals surface area contributed by atoms with Gasteiger partial charge in [0.25, 0.3) is 0 Å². The van der Waals surface area contributed by atoms with Crippen molar-refractivity contribution in [1.82, 2.24) is 9.55 Å². The van der Waals surface area contributed by atoms with Crippen LogP contribution in [0.3, 0.4) is 0 Å². The predicted molar refractivity (Wildman–Crippen MR) is 95.9 cm³/mol. The van der Waals surface area contributed by atoms with Crippen LogP contribution in [-0.2, 0) is 21.3 Å². The summed E-state index contributed by atoms with van der Waals surface area (Å²) < 4.78 is 11.3. The van der Waals surface area contributed by atoms with Crippen molar-refractivity contribution in [2.75, 3.05) is 31.5 Å². The molecule has 0 spiro atoms. The van der Waals surface area contributed by atoms with Gasteiger partial charge in [-0.05, 0) is 19.4 Å². The third kappa shape index (κ3) is 3.90. The molecule has 0 saturated carbocycles. The molecule has 2 N–H and O–H groups in total.